The highest BCUT2D eigenvalue weighted by molar-refractivity contribution is 5.92. The van der Waals surface area contributed by atoms with Gasteiger partial charge in [-0.2, -0.15) is 8.78 Å². The van der Waals surface area contributed by atoms with E-state index < -0.39 is 28.9 Å². The van der Waals surface area contributed by atoms with E-state index in [1.54, 1.807) is 0 Å². The van der Waals surface area contributed by atoms with E-state index in [1.165, 1.54) is 13.2 Å². The number of benzene rings is 1. The molecule has 0 aromatic heterocycles. The van der Waals surface area contributed by atoms with Gasteiger partial charge in [0.25, 0.3) is 5.69 Å². The van der Waals surface area contributed by atoms with Gasteiger partial charge in [-0.15, -0.1) is 0 Å². The van der Waals surface area contributed by atoms with Crippen molar-refractivity contribution in [2.75, 3.05) is 26.9 Å². The molecule has 1 aromatic rings. The Bertz CT molecular complexity index is 652. The number of nitro groups is 1. The molecule has 1 aromatic carbocycles. The van der Waals surface area contributed by atoms with E-state index in [4.69, 9.17) is 9.47 Å². The highest BCUT2D eigenvalue weighted by atomic mass is 19.3. The standard InChI is InChI=1S/C16H20F2N2O6/c1-3-25-8-4-7-19-15(21)6-5-11-9-13(24-2)14(26-16(17)18)10-12(11)20(22)23/h5-6,9-10,16H,3-4,7-8H2,1-2H3,(H,19,21)/b6-5+. The number of halogens is 2. The molecule has 0 saturated heterocycles. The Labute approximate surface area is 148 Å². The number of carbonyl (C=O) groups is 1. The zero-order valence-corrected chi connectivity index (χ0v) is 14.4. The van der Waals surface area contributed by atoms with E-state index >= 15 is 0 Å². The third kappa shape index (κ3) is 7.01. The Morgan fingerprint density at radius 2 is 2.12 bits per heavy atom. The van der Waals surface area contributed by atoms with Crippen LogP contribution in [0.1, 0.15) is 18.9 Å². The highest BCUT2D eigenvalue weighted by Gasteiger charge is 2.20. The molecular weight excluding hydrogens is 354 g/mol. The molecule has 0 fully saturated rings. The van der Waals surface area contributed by atoms with Gasteiger partial charge < -0.3 is 19.5 Å². The molecule has 0 aliphatic heterocycles. The number of hydrogen-bond donors (Lipinski definition) is 1. The van der Waals surface area contributed by atoms with Gasteiger partial charge in [-0.3, -0.25) is 14.9 Å². The van der Waals surface area contributed by atoms with E-state index in [1.807, 2.05) is 6.92 Å². The van der Waals surface area contributed by atoms with Gasteiger partial charge in [-0.25, -0.2) is 0 Å². The highest BCUT2D eigenvalue weighted by Crippen LogP contribution is 2.36. The van der Waals surface area contributed by atoms with Gasteiger partial charge in [0.05, 0.1) is 23.7 Å². The van der Waals surface area contributed by atoms with Crippen LogP contribution >= 0.6 is 0 Å². The molecule has 8 nitrogen and oxygen atoms in total. The third-order valence-corrected chi connectivity index (χ3v) is 3.11. The van der Waals surface area contributed by atoms with E-state index in [9.17, 15) is 23.7 Å². The molecule has 0 spiro atoms. The zero-order valence-electron chi connectivity index (χ0n) is 14.4. The van der Waals surface area contributed by atoms with Crippen LogP contribution in [0.25, 0.3) is 6.08 Å². The largest absolute Gasteiger partial charge is 0.493 e. The summed E-state index contributed by atoms with van der Waals surface area (Å²) in [7, 11) is 1.21. The summed E-state index contributed by atoms with van der Waals surface area (Å²) in [6.07, 6.45) is 2.93. The number of amides is 1. The topological polar surface area (TPSA) is 99.9 Å². The average molecular weight is 374 g/mol. The monoisotopic (exact) mass is 374 g/mol. The Hall–Kier alpha value is -2.75. The molecular formula is C16H20F2N2O6. The van der Waals surface area contributed by atoms with Crippen LogP contribution in [0.4, 0.5) is 14.5 Å². The molecule has 1 amide bonds. The second-order valence-corrected chi connectivity index (χ2v) is 4.87. The maximum absolute atomic E-state index is 12.4. The minimum Gasteiger partial charge on any atom is -0.493 e. The third-order valence-electron chi connectivity index (χ3n) is 3.11. The van der Waals surface area contributed by atoms with Crippen LogP contribution in [0.5, 0.6) is 11.5 Å². The number of rotatable bonds is 11. The fraction of sp³-hybridized carbons (Fsp3) is 0.438. The first-order valence-electron chi connectivity index (χ1n) is 7.73. The second kappa shape index (κ2) is 11.0. The minimum absolute atomic E-state index is 0.0120. The van der Waals surface area contributed by atoms with E-state index in [2.05, 4.69) is 10.1 Å². The molecule has 1 rings (SSSR count). The predicted molar refractivity (Wildman–Crippen MR) is 89.4 cm³/mol. The summed E-state index contributed by atoms with van der Waals surface area (Å²) < 4.78 is 39.0. The van der Waals surface area contributed by atoms with Crippen molar-refractivity contribution in [1.29, 1.82) is 0 Å². The van der Waals surface area contributed by atoms with Gasteiger partial charge >= 0.3 is 6.61 Å². The van der Waals surface area contributed by atoms with Crippen molar-refractivity contribution in [3.63, 3.8) is 0 Å². The van der Waals surface area contributed by atoms with Crippen LogP contribution in [-0.4, -0.2) is 44.3 Å². The molecule has 0 heterocycles. The maximum Gasteiger partial charge on any atom is 0.387 e. The summed E-state index contributed by atoms with van der Waals surface area (Å²) in [6, 6.07) is 1.97. The van der Waals surface area contributed by atoms with E-state index in [0.29, 0.717) is 26.2 Å². The summed E-state index contributed by atoms with van der Waals surface area (Å²) in [6.45, 7) is 0.183. The number of nitrogens with zero attached hydrogens (tertiary/aromatic N) is 1. The fourth-order valence-electron chi connectivity index (χ4n) is 1.96. The van der Waals surface area contributed by atoms with Crippen LogP contribution in [0.2, 0.25) is 0 Å². The first kappa shape index (κ1) is 21.3. The number of alkyl halides is 2. The van der Waals surface area contributed by atoms with Gasteiger partial charge in [-0.05, 0) is 25.5 Å². The van der Waals surface area contributed by atoms with Crippen LogP contribution in [0, 0.1) is 10.1 Å². The number of hydrogen-bond acceptors (Lipinski definition) is 6. The molecule has 0 aliphatic rings. The van der Waals surface area contributed by atoms with Crippen LogP contribution in [-0.2, 0) is 9.53 Å². The second-order valence-electron chi connectivity index (χ2n) is 4.87. The lowest BCUT2D eigenvalue weighted by Gasteiger charge is -2.10. The number of methoxy groups -OCH3 is 1. The molecule has 144 valence electrons. The number of nitrogens with one attached hydrogen (secondary N) is 1. The molecule has 10 heteroatoms. The summed E-state index contributed by atoms with van der Waals surface area (Å²) >= 11 is 0. The lowest BCUT2D eigenvalue weighted by Crippen LogP contribution is -2.23. The van der Waals surface area contributed by atoms with Gasteiger partial charge in [-0.1, -0.05) is 0 Å². The quantitative estimate of drug-likeness (QED) is 0.277. The van der Waals surface area contributed by atoms with Crippen molar-refractivity contribution < 1.29 is 32.7 Å². The van der Waals surface area contributed by atoms with Gasteiger partial charge in [0.1, 0.15) is 0 Å². The molecule has 0 unspecified atom stereocenters. The number of carbonyl (C=O) groups excluding carboxylic acids is 1. The summed E-state index contributed by atoms with van der Waals surface area (Å²) in [4.78, 5) is 22.1. The Morgan fingerprint density at radius 1 is 1.38 bits per heavy atom. The fourth-order valence-corrected chi connectivity index (χ4v) is 1.96. The van der Waals surface area contributed by atoms with Crippen LogP contribution < -0.4 is 14.8 Å². The summed E-state index contributed by atoms with van der Waals surface area (Å²) in [5.41, 5.74) is -0.486. The minimum atomic E-state index is -3.16. The molecule has 0 aliphatic carbocycles. The molecule has 0 bridgehead atoms. The smallest absolute Gasteiger partial charge is 0.387 e. The summed E-state index contributed by atoms with van der Waals surface area (Å²) in [5, 5.41) is 13.7. The van der Waals surface area contributed by atoms with Crippen LogP contribution in [0.3, 0.4) is 0 Å². The van der Waals surface area contributed by atoms with Gasteiger partial charge in [0.15, 0.2) is 11.5 Å². The Morgan fingerprint density at radius 3 is 2.69 bits per heavy atom. The SMILES string of the molecule is CCOCCCNC(=O)/C=C/c1cc(OC)c(OC(F)F)cc1[N+](=O)[O-]. The van der Waals surface area contributed by atoms with Gasteiger partial charge in [0, 0.05) is 25.8 Å². The van der Waals surface area contributed by atoms with Crippen molar-refractivity contribution >= 4 is 17.7 Å². The van der Waals surface area contributed by atoms with Gasteiger partial charge in [0.2, 0.25) is 5.91 Å². The molecule has 26 heavy (non-hydrogen) atoms. The first-order chi connectivity index (χ1) is 12.4. The normalized spacial score (nSPS) is 11.0. The first-order valence-corrected chi connectivity index (χ1v) is 7.73. The molecule has 0 saturated carbocycles. The molecule has 0 radical (unpaired) electrons. The van der Waals surface area contributed by atoms with E-state index in [0.717, 1.165) is 18.2 Å². The summed E-state index contributed by atoms with van der Waals surface area (Å²) in [5.74, 6) is -1.04. The Kier molecular flexibility index (Phi) is 8.99. The van der Waals surface area contributed by atoms with Crippen molar-refractivity contribution in [2.45, 2.75) is 20.0 Å². The maximum atomic E-state index is 12.4. The Balaban J connectivity index is 2.89. The predicted octanol–water partition coefficient (Wildman–Crippen LogP) is 2.76. The number of ether oxygens (including phenoxy) is 3. The number of nitro benzene ring substituents is 1. The van der Waals surface area contributed by atoms with Crippen LogP contribution in [0.15, 0.2) is 18.2 Å². The van der Waals surface area contributed by atoms with Crippen molar-refractivity contribution in [3.05, 3.63) is 33.9 Å². The molecule has 0 atom stereocenters. The van der Waals surface area contributed by atoms with E-state index in [-0.39, 0.29) is 11.3 Å². The van der Waals surface area contributed by atoms with Crippen molar-refractivity contribution in [1.82, 2.24) is 5.32 Å². The van der Waals surface area contributed by atoms with Crippen molar-refractivity contribution in [2.24, 2.45) is 0 Å². The van der Waals surface area contributed by atoms with Crippen molar-refractivity contribution in [3.8, 4) is 11.5 Å². The lowest BCUT2D eigenvalue weighted by atomic mass is 10.1. The average Bonchev–Trinajstić information content (AvgIpc) is 2.59. The molecule has 1 N–H and O–H groups in total. The zero-order chi connectivity index (χ0) is 19.5. The lowest BCUT2D eigenvalue weighted by molar-refractivity contribution is -0.385.